The molecule has 1 aliphatic heterocycles. The SMILES string of the molecule is CC(=O)C1[C@@H](C)CC2C3CC[C@H]4N(C)CCCC4(C)C3CCC21C. The molecule has 1 saturated heterocycles. The van der Waals surface area contributed by atoms with E-state index in [1.807, 2.05) is 6.92 Å². The van der Waals surface area contributed by atoms with Crippen molar-refractivity contribution in [1.29, 1.82) is 0 Å². The van der Waals surface area contributed by atoms with E-state index in [-0.39, 0.29) is 5.41 Å². The first-order chi connectivity index (χ1) is 11.3. The molecule has 2 nitrogen and oxygen atoms in total. The van der Waals surface area contributed by atoms with Crippen LogP contribution in [0.3, 0.4) is 0 Å². The third-order valence-corrected chi connectivity index (χ3v) is 9.36. The van der Waals surface area contributed by atoms with Crippen LogP contribution in [0.5, 0.6) is 0 Å². The van der Waals surface area contributed by atoms with E-state index in [4.69, 9.17) is 0 Å². The Labute approximate surface area is 148 Å². The topological polar surface area (TPSA) is 20.3 Å². The van der Waals surface area contributed by atoms with Gasteiger partial charge in [0.15, 0.2) is 0 Å². The third-order valence-electron chi connectivity index (χ3n) is 9.36. The molecule has 136 valence electrons. The summed E-state index contributed by atoms with van der Waals surface area (Å²) in [6.07, 6.45) is 9.57. The van der Waals surface area contributed by atoms with Gasteiger partial charge in [-0.1, -0.05) is 20.8 Å². The summed E-state index contributed by atoms with van der Waals surface area (Å²) >= 11 is 0. The number of rotatable bonds is 1. The second-order valence-corrected chi connectivity index (χ2v) is 10.4. The van der Waals surface area contributed by atoms with Gasteiger partial charge in [0.2, 0.25) is 0 Å². The molecule has 0 aromatic rings. The quantitative estimate of drug-likeness (QED) is 0.689. The zero-order chi connectivity index (χ0) is 17.3. The first-order valence-corrected chi connectivity index (χ1v) is 10.5. The monoisotopic (exact) mass is 331 g/mol. The lowest BCUT2D eigenvalue weighted by Crippen LogP contribution is -2.60. The van der Waals surface area contributed by atoms with Gasteiger partial charge in [-0.2, -0.15) is 0 Å². The summed E-state index contributed by atoms with van der Waals surface area (Å²) < 4.78 is 0. The van der Waals surface area contributed by atoms with Crippen LogP contribution in [-0.4, -0.2) is 30.3 Å². The molecule has 6 unspecified atom stereocenters. The van der Waals surface area contributed by atoms with Gasteiger partial charge in [0.25, 0.3) is 0 Å². The summed E-state index contributed by atoms with van der Waals surface area (Å²) in [4.78, 5) is 15.1. The summed E-state index contributed by atoms with van der Waals surface area (Å²) in [5.74, 6) is 3.95. The molecule has 4 rings (SSSR count). The van der Waals surface area contributed by atoms with E-state index in [0.29, 0.717) is 23.0 Å². The summed E-state index contributed by atoms with van der Waals surface area (Å²) in [7, 11) is 2.36. The average Bonchev–Trinajstić information content (AvgIpc) is 2.77. The molecule has 0 bridgehead atoms. The van der Waals surface area contributed by atoms with Crippen LogP contribution in [0.25, 0.3) is 0 Å². The molecule has 3 saturated carbocycles. The molecule has 0 spiro atoms. The molecule has 0 amide bonds. The van der Waals surface area contributed by atoms with Gasteiger partial charge < -0.3 is 4.90 Å². The fraction of sp³-hybridized carbons (Fsp3) is 0.955. The molecule has 0 aromatic heterocycles. The van der Waals surface area contributed by atoms with Crippen LogP contribution in [0.2, 0.25) is 0 Å². The lowest BCUT2D eigenvalue weighted by atomic mass is 9.46. The maximum Gasteiger partial charge on any atom is 0.133 e. The van der Waals surface area contributed by atoms with E-state index < -0.39 is 0 Å². The predicted molar refractivity (Wildman–Crippen MR) is 98.8 cm³/mol. The Kier molecular flexibility index (Phi) is 3.95. The van der Waals surface area contributed by atoms with Crippen molar-refractivity contribution in [2.75, 3.05) is 13.6 Å². The Hall–Kier alpha value is -0.370. The van der Waals surface area contributed by atoms with Crippen LogP contribution in [-0.2, 0) is 4.79 Å². The van der Waals surface area contributed by atoms with Crippen molar-refractivity contribution < 1.29 is 4.79 Å². The van der Waals surface area contributed by atoms with Crippen LogP contribution in [0.4, 0.5) is 0 Å². The molecule has 2 heteroatoms. The number of hydrogen-bond donors (Lipinski definition) is 0. The highest BCUT2D eigenvalue weighted by atomic mass is 16.1. The minimum absolute atomic E-state index is 0.288. The Morgan fingerprint density at radius 1 is 1.04 bits per heavy atom. The number of carbonyl (C=O) groups is 1. The Morgan fingerprint density at radius 2 is 1.79 bits per heavy atom. The summed E-state index contributed by atoms with van der Waals surface area (Å²) in [5, 5.41) is 0. The minimum atomic E-state index is 0.288. The van der Waals surface area contributed by atoms with E-state index in [1.165, 1.54) is 51.5 Å². The maximum absolute atomic E-state index is 12.4. The van der Waals surface area contributed by atoms with Gasteiger partial charge in [-0.25, -0.2) is 0 Å². The molecule has 1 heterocycles. The minimum Gasteiger partial charge on any atom is -0.303 e. The summed E-state index contributed by atoms with van der Waals surface area (Å²) in [6, 6.07) is 0.805. The molecule has 0 radical (unpaired) electrons. The number of ketones is 1. The van der Waals surface area contributed by atoms with Gasteiger partial charge in [-0.3, -0.25) is 4.79 Å². The number of piperidine rings is 1. The smallest absolute Gasteiger partial charge is 0.133 e. The largest absolute Gasteiger partial charge is 0.303 e. The first kappa shape index (κ1) is 17.1. The zero-order valence-electron chi connectivity index (χ0n) is 16.5. The number of fused-ring (bicyclic) bond motifs is 5. The van der Waals surface area contributed by atoms with Crippen molar-refractivity contribution in [3.63, 3.8) is 0 Å². The second-order valence-electron chi connectivity index (χ2n) is 10.4. The molecule has 4 aliphatic rings. The predicted octanol–water partition coefficient (Wildman–Crippen LogP) is 4.77. The van der Waals surface area contributed by atoms with E-state index in [2.05, 4.69) is 32.7 Å². The van der Waals surface area contributed by atoms with Gasteiger partial charge in [0, 0.05) is 12.0 Å². The van der Waals surface area contributed by atoms with Crippen molar-refractivity contribution >= 4 is 5.78 Å². The average molecular weight is 332 g/mol. The Balaban J connectivity index is 1.66. The van der Waals surface area contributed by atoms with E-state index in [0.717, 1.165) is 23.8 Å². The van der Waals surface area contributed by atoms with Crippen LogP contribution >= 0.6 is 0 Å². The van der Waals surface area contributed by atoms with Crippen molar-refractivity contribution in [3.05, 3.63) is 0 Å². The number of Topliss-reactive ketones (excluding diaryl/α,β-unsaturated/α-hetero) is 1. The summed E-state index contributed by atoms with van der Waals surface area (Å²) in [5.41, 5.74) is 0.810. The highest BCUT2D eigenvalue weighted by molar-refractivity contribution is 5.80. The standard InChI is InChI=1S/C22H37NO/c1-14-13-18-16-7-8-19-21(3,10-6-12-23(19)5)17(16)9-11-22(18,4)20(14)15(2)24/h14,16-20H,6-13H2,1-5H3/t14-,16?,17?,18?,19+,20?,21?,22?/m0/s1. The molecular weight excluding hydrogens is 294 g/mol. The Bertz CT molecular complexity index is 530. The number of carbonyl (C=O) groups excluding carboxylic acids is 1. The third kappa shape index (κ3) is 2.14. The van der Waals surface area contributed by atoms with E-state index >= 15 is 0 Å². The van der Waals surface area contributed by atoms with Crippen molar-refractivity contribution in [3.8, 4) is 0 Å². The highest BCUT2D eigenvalue weighted by Crippen LogP contribution is 2.67. The molecular formula is C22H37NO. The molecule has 0 N–H and O–H groups in total. The van der Waals surface area contributed by atoms with E-state index in [9.17, 15) is 4.79 Å². The van der Waals surface area contributed by atoms with E-state index in [1.54, 1.807) is 0 Å². The van der Waals surface area contributed by atoms with Crippen LogP contribution in [0.1, 0.15) is 72.6 Å². The number of likely N-dealkylation sites (tertiary alicyclic amines) is 1. The molecule has 3 aliphatic carbocycles. The maximum atomic E-state index is 12.4. The van der Waals surface area contributed by atoms with Gasteiger partial charge >= 0.3 is 0 Å². The lowest BCUT2D eigenvalue weighted by Gasteiger charge is -2.62. The van der Waals surface area contributed by atoms with Crippen molar-refractivity contribution in [2.24, 2.45) is 40.4 Å². The zero-order valence-corrected chi connectivity index (χ0v) is 16.5. The fourth-order valence-corrected chi connectivity index (χ4v) is 8.61. The first-order valence-electron chi connectivity index (χ1n) is 10.5. The number of hydrogen-bond acceptors (Lipinski definition) is 2. The van der Waals surface area contributed by atoms with Gasteiger partial charge in [-0.15, -0.1) is 0 Å². The normalized spacial score (nSPS) is 54.7. The van der Waals surface area contributed by atoms with Gasteiger partial charge in [0.05, 0.1) is 0 Å². The lowest BCUT2D eigenvalue weighted by molar-refractivity contribution is -0.137. The second kappa shape index (κ2) is 5.56. The van der Waals surface area contributed by atoms with Crippen molar-refractivity contribution in [1.82, 2.24) is 4.90 Å². The Morgan fingerprint density at radius 3 is 2.50 bits per heavy atom. The van der Waals surface area contributed by atoms with Gasteiger partial charge in [0.1, 0.15) is 5.78 Å². The molecule has 8 atom stereocenters. The molecule has 0 aromatic carbocycles. The molecule has 4 fully saturated rings. The van der Waals surface area contributed by atoms with Crippen molar-refractivity contribution in [2.45, 2.75) is 78.7 Å². The van der Waals surface area contributed by atoms with Crippen LogP contribution < -0.4 is 0 Å². The number of nitrogens with zero attached hydrogens (tertiary/aromatic N) is 1. The van der Waals surface area contributed by atoms with Crippen LogP contribution in [0.15, 0.2) is 0 Å². The van der Waals surface area contributed by atoms with Gasteiger partial charge in [-0.05, 0) is 100.0 Å². The summed E-state index contributed by atoms with van der Waals surface area (Å²) in [6.45, 7) is 10.6. The molecule has 24 heavy (non-hydrogen) atoms. The fourth-order valence-electron chi connectivity index (χ4n) is 8.61. The van der Waals surface area contributed by atoms with Crippen LogP contribution in [0, 0.1) is 40.4 Å². The highest BCUT2D eigenvalue weighted by Gasteiger charge is 2.62.